The predicted octanol–water partition coefficient (Wildman–Crippen LogP) is 2.40. The van der Waals surface area contributed by atoms with Crippen molar-refractivity contribution in [2.75, 3.05) is 39.5 Å². The van der Waals surface area contributed by atoms with Gasteiger partial charge in [0.25, 0.3) is 0 Å². The fourth-order valence-corrected chi connectivity index (χ4v) is 3.16. The molecule has 1 spiro atoms. The minimum absolute atomic E-state index is 0.0734. The molecule has 2 aliphatic heterocycles. The van der Waals surface area contributed by atoms with Crippen LogP contribution in [0.4, 0.5) is 4.39 Å². The molecular formula is C14H26FNO2. The highest BCUT2D eigenvalue weighted by atomic mass is 19.1. The second-order valence-electron chi connectivity index (χ2n) is 5.75. The van der Waals surface area contributed by atoms with E-state index in [2.05, 4.69) is 11.8 Å². The summed E-state index contributed by atoms with van der Waals surface area (Å²) < 4.78 is 23.8. The second-order valence-corrected chi connectivity index (χ2v) is 5.75. The van der Waals surface area contributed by atoms with Crippen molar-refractivity contribution in [3.63, 3.8) is 0 Å². The summed E-state index contributed by atoms with van der Waals surface area (Å²) in [6, 6.07) is 0. The standard InChI is InChI=1S/C14H26FNO2/c1-13-10-16(8-4-2-3-7-15)11-14(18-13)6-5-9-17-12-14/h13H,2-12H2,1H3/t13-,14-/m0/s1. The van der Waals surface area contributed by atoms with E-state index in [4.69, 9.17) is 9.47 Å². The van der Waals surface area contributed by atoms with Crippen LogP contribution in [-0.4, -0.2) is 56.1 Å². The van der Waals surface area contributed by atoms with Crippen LogP contribution in [0.15, 0.2) is 0 Å². The molecule has 0 N–H and O–H groups in total. The lowest BCUT2D eigenvalue weighted by molar-refractivity contribution is -0.196. The van der Waals surface area contributed by atoms with Crippen molar-refractivity contribution < 1.29 is 13.9 Å². The van der Waals surface area contributed by atoms with Gasteiger partial charge in [0.1, 0.15) is 5.60 Å². The number of alkyl halides is 1. The average molecular weight is 259 g/mol. The molecular weight excluding hydrogens is 233 g/mol. The first kappa shape index (κ1) is 14.2. The highest BCUT2D eigenvalue weighted by molar-refractivity contribution is 4.91. The quantitative estimate of drug-likeness (QED) is 0.708. The van der Waals surface area contributed by atoms with Crippen molar-refractivity contribution in [1.82, 2.24) is 4.90 Å². The molecule has 0 bridgehead atoms. The topological polar surface area (TPSA) is 21.7 Å². The van der Waals surface area contributed by atoms with Crippen LogP contribution in [0.5, 0.6) is 0 Å². The highest BCUT2D eigenvalue weighted by Crippen LogP contribution is 2.30. The lowest BCUT2D eigenvalue weighted by Crippen LogP contribution is -2.58. The lowest BCUT2D eigenvalue weighted by Gasteiger charge is -2.47. The predicted molar refractivity (Wildman–Crippen MR) is 69.6 cm³/mol. The van der Waals surface area contributed by atoms with E-state index >= 15 is 0 Å². The number of hydrogen-bond acceptors (Lipinski definition) is 3. The molecule has 4 heteroatoms. The van der Waals surface area contributed by atoms with Gasteiger partial charge in [0.05, 0.1) is 19.4 Å². The molecule has 0 saturated carbocycles. The number of morpholine rings is 1. The molecule has 2 aliphatic rings. The average Bonchev–Trinajstić information content (AvgIpc) is 2.35. The van der Waals surface area contributed by atoms with Crippen molar-refractivity contribution in [1.29, 1.82) is 0 Å². The third kappa shape index (κ3) is 3.90. The maximum atomic E-state index is 12.1. The Hall–Kier alpha value is -0.190. The summed E-state index contributed by atoms with van der Waals surface area (Å²) in [5.41, 5.74) is -0.0734. The summed E-state index contributed by atoms with van der Waals surface area (Å²) in [6.45, 7) is 6.61. The highest BCUT2D eigenvalue weighted by Gasteiger charge is 2.40. The first-order valence-corrected chi connectivity index (χ1v) is 7.28. The first-order chi connectivity index (χ1) is 8.74. The number of rotatable bonds is 5. The van der Waals surface area contributed by atoms with Gasteiger partial charge in [0.15, 0.2) is 0 Å². The molecule has 0 aromatic rings. The fourth-order valence-electron chi connectivity index (χ4n) is 3.16. The van der Waals surface area contributed by atoms with Gasteiger partial charge in [-0.05, 0) is 45.6 Å². The van der Waals surface area contributed by atoms with Crippen LogP contribution >= 0.6 is 0 Å². The SMILES string of the molecule is C[C@H]1CN(CCCCCF)C[C@]2(CCCOC2)O1. The molecule has 106 valence electrons. The molecule has 0 amide bonds. The molecule has 2 heterocycles. The second kappa shape index (κ2) is 6.83. The zero-order valence-corrected chi connectivity index (χ0v) is 11.5. The monoisotopic (exact) mass is 259 g/mol. The van der Waals surface area contributed by atoms with Crippen LogP contribution in [0, 0.1) is 0 Å². The van der Waals surface area contributed by atoms with Crippen LogP contribution < -0.4 is 0 Å². The normalized spacial score (nSPS) is 34.0. The zero-order chi connectivity index (χ0) is 12.8. The zero-order valence-electron chi connectivity index (χ0n) is 11.5. The van der Waals surface area contributed by atoms with E-state index in [-0.39, 0.29) is 18.4 Å². The Bertz CT molecular complexity index is 244. The molecule has 0 aliphatic carbocycles. The van der Waals surface area contributed by atoms with E-state index in [0.717, 1.165) is 58.5 Å². The Kier molecular flexibility index (Phi) is 5.39. The van der Waals surface area contributed by atoms with Gasteiger partial charge < -0.3 is 9.47 Å². The first-order valence-electron chi connectivity index (χ1n) is 7.28. The van der Waals surface area contributed by atoms with E-state index in [1.807, 2.05) is 0 Å². The molecule has 0 aromatic carbocycles. The smallest absolute Gasteiger partial charge is 0.105 e. The number of hydrogen-bond donors (Lipinski definition) is 0. The Labute approximate surface area is 110 Å². The van der Waals surface area contributed by atoms with Crippen LogP contribution in [-0.2, 0) is 9.47 Å². The van der Waals surface area contributed by atoms with E-state index in [0.29, 0.717) is 6.42 Å². The van der Waals surface area contributed by atoms with Crippen molar-refractivity contribution in [2.24, 2.45) is 0 Å². The van der Waals surface area contributed by atoms with E-state index in [1.54, 1.807) is 0 Å². The van der Waals surface area contributed by atoms with Gasteiger partial charge in [0.2, 0.25) is 0 Å². The summed E-state index contributed by atoms with van der Waals surface area (Å²) in [5, 5.41) is 0. The summed E-state index contributed by atoms with van der Waals surface area (Å²) in [5.74, 6) is 0. The molecule has 2 atom stereocenters. The molecule has 2 saturated heterocycles. The number of nitrogens with zero attached hydrogens (tertiary/aromatic N) is 1. The van der Waals surface area contributed by atoms with Crippen molar-refractivity contribution in [3.05, 3.63) is 0 Å². The Morgan fingerprint density at radius 3 is 2.94 bits per heavy atom. The Morgan fingerprint density at radius 2 is 2.22 bits per heavy atom. The third-order valence-electron chi connectivity index (χ3n) is 3.87. The van der Waals surface area contributed by atoms with Crippen LogP contribution in [0.25, 0.3) is 0 Å². The van der Waals surface area contributed by atoms with Crippen molar-refractivity contribution in [2.45, 2.75) is 50.7 Å². The summed E-state index contributed by atoms with van der Waals surface area (Å²) in [7, 11) is 0. The molecule has 2 rings (SSSR count). The largest absolute Gasteiger partial charge is 0.378 e. The maximum absolute atomic E-state index is 12.1. The molecule has 0 aromatic heterocycles. The van der Waals surface area contributed by atoms with Gasteiger partial charge in [-0.15, -0.1) is 0 Å². The summed E-state index contributed by atoms with van der Waals surface area (Å²) in [4.78, 5) is 2.47. The van der Waals surface area contributed by atoms with Gasteiger partial charge in [-0.25, -0.2) is 0 Å². The number of ether oxygens (including phenoxy) is 2. The minimum atomic E-state index is -0.183. The minimum Gasteiger partial charge on any atom is -0.378 e. The van der Waals surface area contributed by atoms with Crippen LogP contribution in [0.2, 0.25) is 0 Å². The Morgan fingerprint density at radius 1 is 1.33 bits per heavy atom. The van der Waals surface area contributed by atoms with E-state index < -0.39 is 0 Å². The van der Waals surface area contributed by atoms with E-state index in [9.17, 15) is 4.39 Å². The van der Waals surface area contributed by atoms with Crippen LogP contribution in [0.1, 0.15) is 39.0 Å². The van der Waals surface area contributed by atoms with Crippen molar-refractivity contribution in [3.8, 4) is 0 Å². The van der Waals surface area contributed by atoms with E-state index in [1.165, 1.54) is 0 Å². The summed E-state index contributed by atoms with van der Waals surface area (Å²) >= 11 is 0. The lowest BCUT2D eigenvalue weighted by atomic mass is 9.93. The van der Waals surface area contributed by atoms with Gasteiger partial charge in [-0.2, -0.15) is 0 Å². The molecule has 2 fully saturated rings. The van der Waals surface area contributed by atoms with Gasteiger partial charge in [-0.3, -0.25) is 9.29 Å². The summed E-state index contributed by atoms with van der Waals surface area (Å²) in [6.07, 6.45) is 5.27. The number of unbranched alkanes of at least 4 members (excludes halogenated alkanes) is 2. The fraction of sp³-hybridized carbons (Fsp3) is 1.00. The molecule has 18 heavy (non-hydrogen) atoms. The Balaban J connectivity index is 1.80. The van der Waals surface area contributed by atoms with Crippen molar-refractivity contribution >= 4 is 0 Å². The maximum Gasteiger partial charge on any atom is 0.105 e. The van der Waals surface area contributed by atoms with Gasteiger partial charge in [-0.1, -0.05) is 0 Å². The molecule has 0 unspecified atom stereocenters. The number of halogens is 1. The van der Waals surface area contributed by atoms with Gasteiger partial charge in [0, 0.05) is 19.7 Å². The van der Waals surface area contributed by atoms with Crippen LogP contribution in [0.3, 0.4) is 0 Å². The van der Waals surface area contributed by atoms with Gasteiger partial charge >= 0.3 is 0 Å². The molecule has 0 radical (unpaired) electrons. The molecule has 3 nitrogen and oxygen atoms in total. The third-order valence-corrected chi connectivity index (χ3v) is 3.87.